The molecular weight excluding hydrogens is 662 g/mol. The first-order valence-corrected chi connectivity index (χ1v) is 17.9. The molecule has 4 aliphatic rings. The maximum absolute atomic E-state index is 14.1. The van der Waals surface area contributed by atoms with Crippen LogP contribution in [0.3, 0.4) is 0 Å². The number of rotatable bonds is 10. The number of benzene rings is 2. The highest BCUT2D eigenvalue weighted by molar-refractivity contribution is 6.33. The molecule has 3 N–H and O–H groups in total. The summed E-state index contributed by atoms with van der Waals surface area (Å²) in [5.74, 6) is -0.740. The third-order valence-electron chi connectivity index (χ3n) is 11.3. The third-order valence-corrected chi connectivity index (χ3v) is 11.6. The molecule has 10 atom stereocenters. The van der Waals surface area contributed by atoms with Crippen LogP contribution in [0.15, 0.2) is 60.2 Å². The van der Waals surface area contributed by atoms with E-state index in [4.69, 9.17) is 30.6 Å². The molecule has 6 rings (SSSR count). The predicted molar refractivity (Wildman–Crippen MR) is 188 cm³/mol. The van der Waals surface area contributed by atoms with E-state index in [0.717, 1.165) is 30.8 Å². The molecule has 11 nitrogen and oxygen atoms in total. The van der Waals surface area contributed by atoms with E-state index in [0.29, 0.717) is 29.3 Å². The zero-order valence-electron chi connectivity index (χ0n) is 29.7. The van der Waals surface area contributed by atoms with Gasteiger partial charge in [-0.05, 0) is 68.3 Å². The Balaban J connectivity index is 1.21. The molecule has 1 saturated carbocycles. The molecule has 12 heteroatoms. The number of hydrogen-bond acceptors (Lipinski definition) is 11. The molecule has 1 saturated heterocycles. The minimum atomic E-state index is -1.57. The van der Waals surface area contributed by atoms with Crippen LogP contribution >= 0.6 is 11.6 Å². The summed E-state index contributed by atoms with van der Waals surface area (Å²) in [5.41, 5.74) is -1.29. The lowest BCUT2D eigenvalue weighted by Gasteiger charge is -2.56. The first-order chi connectivity index (χ1) is 23.7. The number of nitrogens with one attached hydrogen (secondary N) is 1. The van der Waals surface area contributed by atoms with Crippen molar-refractivity contribution in [3.8, 4) is 5.75 Å². The number of hydrogen-bond donors (Lipinski definition) is 3. The minimum absolute atomic E-state index is 0.0468. The van der Waals surface area contributed by atoms with E-state index < -0.39 is 47.6 Å². The second-order valence-corrected chi connectivity index (χ2v) is 15.1. The Hall–Kier alpha value is -3.19. The lowest BCUT2D eigenvalue weighted by Crippen LogP contribution is -2.66. The molecule has 1 unspecified atom stereocenters. The first kappa shape index (κ1) is 36.6. The van der Waals surface area contributed by atoms with Crippen LogP contribution in [0.1, 0.15) is 52.5 Å². The molecule has 2 aromatic carbocycles. The van der Waals surface area contributed by atoms with Gasteiger partial charge in [-0.3, -0.25) is 24.8 Å². The van der Waals surface area contributed by atoms with Crippen LogP contribution in [0, 0.1) is 23.7 Å². The van der Waals surface area contributed by atoms with E-state index in [-0.39, 0.29) is 30.1 Å². The lowest BCUT2D eigenvalue weighted by atomic mass is 9.55. The highest BCUT2D eigenvalue weighted by atomic mass is 35.5. The van der Waals surface area contributed by atoms with Crippen molar-refractivity contribution in [2.24, 2.45) is 23.7 Å². The minimum Gasteiger partial charge on any atom is -0.492 e. The highest BCUT2D eigenvalue weighted by Gasteiger charge is 2.62. The van der Waals surface area contributed by atoms with Gasteiger partial charge < -0.3 is 29.3 Å². The number of halogens is 1. The van der Waals surface area contributed by atoms with E-state index in [1.807, 2.05) is 50.3 Å². The number of para-hydroxylation sites is 2. The molecule has 2 heterocycles. The van der Waals surface area contributed by atoms with Crippen LogP contribution in [0.5, 0.6) is 5.75 Å². The quantitative estimate of drug-likeness (QED) is 0.239. The van der Waals surface area contributed by atoms with Crippen molar-refractivity contribution in [1.82, 2.24) is 10.2 Å². The average molecular weight is 712 g/mol. The van der Waals surface area contributed by atoms with Crippen molar-refractivity contribution in [3.05, 3.63) is 70.8 Å². The number of fused-ring (bicyclic) bond motifs is 4. The Labute approximate surface area is 299 Å². The number of aliphatic hydroxyl groups is 2. The number of anilines is 1. The van der Waals surface area contributed by atoms with Gasteiger partial charge in [-0.15, -0.1) is 0 Å². The largest absolute Gasteiger partial charge is 0.492 e. The van der Waals surface area contributed by atoms with Gasteiger partial charge in [0.05, 0.1) is 10.7 Å². The smallest absolute Gasteiger partial charge is 0.323 e. The van der Waals surface area contributed by atoms with Crippen LogP contribution in [0.2, 0.25) is 5.02 Å². The summed E-state index contributed by atoms with van der Waals surface area (Å²) in [4.78, 5) is 34.7. The molecule has 0 amide bonds. The summed E-state index contributed by atoms with van der Waals surface area (Å²) in [7, 11) is 3.76. The summed E-state index contributed by atoms with van der Waals surface area (Å²) < 4.78 is 18.0. The standard InChI is InChI=1S/C38H50ClN3O8/c1-22-19-29-27(23(2)21-41(5)17-18-47-26-11-8-7-9-12-26)16-15-24(3)38(29,46)34(33(22)48-25(4)43)49-35(44)31-20-37(45)28-13-10-14-30(39)32(28)42(6)50-36(37)40-31/h7-14,19,23-24,27,29,31,33-34,36,40,45-46H,15-18,20-21H2,1-6H3/t23?,24-,27+,29-,31+,33-,34+,36-,37-,38-/m1/s1. The zero-order valence-corrected chi connectivity index (χ0v) is 30.4. The van der Waals surface area contributed by atoms with Gasteiger partial charge in [0.2, 0.25) is 0 Å². The van der Waals surface area contributed by atoms with Crippen LogP contribution in [0.25, 0.3) is 0 Å². The number of ether oxygens (including phenoxy) is 3. The lowest BCUT2D eigenvalue weighted by molar-refractivity contribution is -0.225. The number of carbonyl (C=O) groups excluding carboxylic acids is 2. The summed E-state index contributed by atoms with van der Waals surface area (Å²) in [6.07, 6.45) is 0.493. The number of likely N-dealkylation sites (N-methyl/N-ethyl adjacent to an activating group) is 1. The molecule has 272 valence electrons. The molecule has 2 aliphatic heterocycles. The van der Waals surface area contributed by atoms with Crippen LogP contribution in [-0.4, -0.2) is 90.9 Å². The normalized spacial score (nSPS) is 33.8. The predicted octanol–water partition coefficient (Wildman–Crippen LogP) is 4.44. The van der Waals surface area contributed by atoms with Gasteiger partial charge in [-0.25, -0.2) is 0 Å². The highest BCUT2D eigenvalue weighted by Crippen LogP contribution is 2.53. The molecule has 0 spiro atoms. The Morgan fingerprint density at radius 2 is 1.88 bits per heavy atom. The van der Waals surface area contributed by atoms with Crippen LogP contribution < -0.4 is 15.1 Å². The fourth-order valence-corrected chi connectivity index (χ4v) is 9.01. The molecule has 2 aromatic rings. The maximum Gasteiger partial charge on any atom is 0.323 e. The van der Waals surface area contributed by atoms with E-state index in [9.17, 15) is 19.8 Å². The van der Waals surface area contributed by atoms with E-state index in [1.165, 1.54) is 12.0 Å². The summed E-state index contributed by atoms with van der Waals surface area (Å²) in [6, 6.07) is 14.0. The van der Waals surface area contributed by atoms with Crippen molar-refractivity contribution >= 4 is 29.2 Å². The fraction of sp³-hybridized carbons (Fsp3) is 0.579. The van der Waals surface area contributed by atoms with Gasteiger partial charge in [-0.1, -0.05) is 61.9 Å². The second-order valence-electron chi connectivity index (χ2n) is 14.7. The van der Waals surface area contributed by atoms with Gasteiger partial charge in [0.15, 0.2) is 18.4 Å². The number of esters is 2. The molecule has 2 aliphatic carbocycles. The SMILES string of the molecule is CC(=O)O[C@@H]1C(C)=C[C@@H]2[C@H](C(C)CN(C)CCOc3ccccc3)CC[C@@H](C)[C@]2(O)[C@H]1OC(=O)[C@@H]1C[C@@]2(O)c3cccc(Cl)c3N(C)O[C@H]2N1. The van der Waals surface area contributed by atoms with Crippen LogP contribution in [-0.2, 0) is 29.5 Å². The molecular formula is C38H50ClN3O8. The number of carbonyl (C=O) groups is 2. The zero-order chi connectivity index (χ0) is 36.0. The third kappa shape index (κ3) is 6.76. The van der Waals surface area contributed by atoms with E-state index in [2.05, 4.69) is 24.2 Å². The Kier molecular flexibility index (Phi) is 10.6. The van der Waals surface area contributed by atoms with Crippen molar-refractivity contribution < 1.29 is 38.9 Å². The van der Waals surface area contributed by atoms with Crippen molar-refractivity contribution in [1.29, 1.82) is 0 Å². The van der Waals surface area contributed by atoms with E-state index in [1.54, 1.807) is 25.2 Å². The maximum atomic E-state index is 14.1. The molecule has 0 aromatic heterocycles. The van der Waals surface area contributed by atoms with Gasteiger partial charge in [0, 0.05) is 45.0 Å². The Bertz CT molecular complexity index is 1590. The van der Waals surface area contributed by atoms with Gasteiger partial charge in [-0.2, -0.15) is 0 Å². The second kappa shape index (κ2) is 14.4. The van der Waals surface area contributed by atoms with Crippen molar-refractivity contribution in [2.45, 2.75) is 82.6 Å². The number of hydroxylamine groups is 1. The molecule has 0 bridgehead atoms. The molecule has 2 fully saturated rings. The van der Waals surface area contributed by atoms with Crippen LogP contribution in [0.4, 0.5) is 5.69 Å². The Morgan fingerprint density at radius 3 is 2.60 bits per heavy atom. The van der Waals surface area contributed by atoms with E-state index >= 15 is 0 Å². The van der Waals surface area contributed by atoms with Gasteiger partial charge >= 0.3 is 11.9 Å². The molecule has 50 heavy (non-hydrogen) atoms. The monoisotopic (exact) mass is 711 g/mol. The summed E-state index contributed by atoms with van der Waals surface area (Å²) in [6.45, 7) is 9.40. The van der Waals surface area contributed by atoms with Crippen molar-refractivity contribution in [2.75, 3.05) is 38.9 Å². The molecule has 0 radical (unpaired) electrons. The summed E-state index contributed by atoms with van der Waals surface area (Å²) in [5, 5.41) is 29.7. The average Bonchev–Trinajstić information content (AvgIpc) is 3.42. The first-order valence-electron chi connectivity index (χ1n) is 17.6. The topological polar surface area (TPSA) is 130 Å². The number of nitrogens with zero attached hydrogens (tertiary/aromatic N) is 2. The van der Waals surface area contributed by atoms with Gasteiger partial charge in [0.1, 0.15) is 29.6 Å². The fourth-order valence-electron chi connectivity index (χ4n) is 8.71. The van der Waals surface area contributed by atoms with Gasteiger partial charge in [0.25, 0.3) is 0 Å². The van der Waals surface area contributed by atoms with Crippen molar-refractivity contribution in [3.63, 3.8) is 0 Å². The summed E-state index contributed by atoms with van der Waals surface area (Å²) >= 11 is 6.46. The Morgan fingerprint density at radius 1 is 1.14 bits per heavy atom.